The van der Waals surface area contributed by atoms with E-state index in [9.17, 15) is 0 Å². The fourth-order valence-electron chi connectivity index (χ4n) is 0.657. The van der Waals surface area contributed by atoms with Crippen LogP contribution in [0.4, 0.5) is 0 Å². The van der Waals surface area contributed by atoms with Gasteiger partial charge < -0.3 is 5.73 Å². The highest BCUT2D eigenvalue weighted by molar-refractivity contribution is 5.03. The minimum absolute atomic E-state index is 0.745. The Morgan fingerprint density at radius 1 is 1.09 bits per heavy atom. The molecule has 0 aliphatic rings. The summed E-state index contributed by atoms with van der Waals surface area (Å²) in [5.41, 5.74) is 5.31. The second-order valence-corrected chi connectivity index (χ2v) is 2.24. The lowest BCUT2D eigenvalue weighted by molar-refractivity contribution is 1.00. The molecule has 0 fully saturated rings. The largest absolute Gasteiger partial charge is 0.330 e. The van der Waals surface area contributed by atoms with Gasteiger partial charge in [0.25, 0.3) is 0 Å². The first-order valence-electron chi connectivity index (χ1n) is 4.04. The summed E-state index contributed by atoms with van der Waals surface area (Å²) in [6.45, 7) is 2.75. The van der Waals surface area contributed by atoms with Gasteiger partial charge in [-0.15, -0.1) is 0 Å². The number of nitrogens with two attached hydrogens (primary N) is 1. The molecule has 0 aliphatic heterocycles. The van der Waals surface area contributed by atoms with Crippen LogP contribution in [-0.4, -0.2) is 6.54 Å². The van der Waals surface area contributed by atoms with E-state index in [1.165, 1.54) is 0 Å². The predicted octanol–water partition coefficient (Wildman–Crippen LogP) is 2.41. The first-order chi connectivity index (χ1) is 5.41. The minimum atomic E-state index is 0.745. The Morgan fingerprint density at radius 3 is 2.55 bits per heavy atom. The molecule has 0 saturated heterocycles. The molecule has 0 aromatic carbocycles. The van der Waals surface area contributed by atoms with Gasteiger partial charge in [0.15, 0.2) is 0 Å². The predicted molar refractivity (Wildman–Crippen MR) is 51.4 cm³/mol. The molecular formula is C10H17N. The Bertz CT molecular complexity index is 143. The fraction of sp³-hybridized carbons (Fsp3) is 0.400. The first-order valence-corrected chi connectivity index (χ1v) is 4.04. The molecule has 0 amide bonds. The number of allylic oxidation sites excluding steroid dienone is 5. The maximum absolute atomic E-state index is 5.31. The third-order valence-corrected chi connectivity index (χ3v) is 1.21. The maximum Gasteiger partial charge on any atom is -0.00426 e. The molecule has 0 atom stereocenters. The summed E-state index contributed by atoms with van der Waals surface area (Å²) < 4.78 is 0. The van der Waals surface area contributed by atoms with Crippen LogP contribution in [0.25, 0.3) is 0 Å². The standard InChI is InChI=1S/C10H17N/c1-2-3-4-5-6-7-8-9-10-11/h2-5,7-8H,6,9-11H2,1H3/b3-2-,5-4?,8-7+. The van der Waals surface area contributed by atoms with Crippen molar-refractivity contribution in [3.8, 4) is 0 Å². The van der Waals surface area contributed by atoms with Crippen LogP contribution in [0.2, 0.25) is 0 Å². The third kappa shape index (κ3) is 9.18. The van der Waals surface area contributed by atoms with Gasteiger partial charge in [0, 0.05) is 0 Å². The highest BCUT2D eigenvalue weighted by atomic mass is 14.5. The summed E-state index contributed by atoms with van der Waals surface area (Å²) in [4.78, 5) is 0. The van der Waals surface area contributed by atoms with Crippen molar-refractivity contribution in [2.45, 2.75) is 19.8 Å². The summed E-state index contributed by atoms with van der Waals surface area (Å²) in [5, 5.41) is 0. The van der Waals surface area contributed by atoms with Crippen LogP contribution < -0.4 is 5.73 Å². The topological polar surface area (TPSA) is 26.0 Å². The second-order valence-electron chi connectivity index (χ2n) is 2.24. The van der Waals surface area contributed by atoms with Crippen molar-refractivity contribution in [2.24, 2.45) is 5.73 Å². The zero-order valence-corrected chi connectivity index (χ0v) is 7.16. The maximum atomic E-state index is 5.31. The lowest BCUT2D eigenvalue weighted by atomic mass is 10.3. The van der Waals surface area contributed by atoms with E-state index in [-0.39, 0.29) is 0 Å². The monoisotopic (exact) mass is 151 g/mol. The Kier molecular flexibility index (Phi) is 8.50. The van der Waals surface area contributed by atoms with E-state index in [2.05, 4.69) is 18.2 Å². The molecule has 1 nitrogen and oxygen atoms in total. The summed E-state index contributed by atoms with van der Waals surface area (Å²) in [5.74, 6) is 0. The lowest BCUT2D eigenvalue weighted by Gasteiger charge is -1.82. The van der Waals surface area contributed by atoms with Crippen LogP contribution >= 0.6 is 0 Å². The van der Waals surface area contributed by atoms with E-state index in [0.717, 1.165) is 19.4 Å². The van der Waals surface area contributed by atoms with Crippen LogP contribution in [-0.2, 0) is 0 Å². The Morgan fingerprint density at radius 2 is 1.91 bits per heavy atom. The number of rotatable bonds is 5. The van der Waals surface area contributed by atoms with Crippen molar-refractivity contribution in [1.29, 1.82) is 0 Å². The van der Waals surface area contributed by atoms with Gasteiger partial charge in [-0.1, -0.05) is 36.5 Å². The van der Waals surface area contributed by atoms with Crippen molar-refractivity contribution < 1.29 is 0 Å². The van der Waals surface area contributed by atoms with Gasteiger partial charge in [0.2, 0.25) is 0 Å². The van der Waals surface area contributed by atoms with E-state index in [0.29, 0.717) is 0 Å². The fourth-order valence-corrected chi connectivity index (χ4v) is 0.657. The SMILES string of the molecule is C/C=C\C=CC/C=C/CCN. The molecule has 11 heavy (non-hydrogen) atoms. The molecule has 0 aliphatic carbocycles. The van der Waals surface area contributed by atoms with Gasteiger partial charge in [-0.25, -0.2) is 0 Å². The summed E-state index contributed by atoms with van der Waals surface area (Å²) in [7, 11) is 0. The Labute approximate surface area is 69.3 Å². The molecule has 0 saturated carbocycles. The average molecular weight is 151 g/mol. The Balaban J connectivity index is 3.25. The van der Waals surface area contributed by atoms with Crippen molar-refractivity contribution in [2.75, 3.05) is 6.54 Å². The van der Waals surface area contributed by atoms with Crippen LogP contribution in [0, 0.1) is 0 Å². The highest BCUT2D eigenvalue weighted by Gasteiger charge is 1.71. The smallest absolute Gasteiger partial charge is 0.00426 e. The first kappa shape index (κ1) is 10.2. The molecule has 0 aromatic heterocycles. The summed E-state index contributed by atoms with van der Waals surface area (Å²) in [6, 6.07) is 0. The van der Waals surface area contributed by atoms with Crippen LogP contribution in [0.5, 0.6) is 0 Å². The second kappa shape index (κ2) is 9.18. The van der Waals surface area contributed by atoms with Crippen LogP contribution in [0.1, 0.15) is 19.8 Å². The van der Waals surface area contributed by atoms with Crippen molar-refractivity contribution in [3.63, 3.8) is 0 Å². The molecule has 0 bridgehead atoms. The van der Waals surface area contributed by atoms with Gasteiger partial charge in [-0.2, -0.15) is 0 Å². The average Bonchev–Trinajstić information content (AvgIpc) is 2.03. The molecule has 0 radical (unpaired) electrons. The summed E-state index contributed by atoms with van der Waals surface area (Å²) >= 11 is 0. The van der Waals surface area contributed by atoms with Crippen molar-refractivity contribution in [1.82, 2.24) is 0 Å². The van der Waals surface area contributed by atoms with E-state index >= 15 is 0 Å². The lowest BCUT2D eigenvalue weighted by Crippen LogP contribution is -1.94. The van der Waals surface area contributed by atoms with Gasteiger partial charge in [0.05, 0.1) is 0 Å². The summed E-state index contributed by atoms with van der Waals surface area (Å²) in [6.07, 6.45) is 14.4. The van der Waals surface area contributed by atoms with Crippen LogP contribution in [0.15, 0.2) is 36.5 Å². The van der Waals surface area contributed by atoms with E-state index < -0.39 is 0 Å². The van der Waals surface area contributed by atoms with E-state index in [1.54, 1.807) is 0 Å². The third-order valence-electron chi connectivity index (χ3n) is 1.21. The molecule has 0 aromatic rings. The zero-order valence-electron chi connectivity index (χ0n) is 7.16. The van der Waals surface area contributed by atoms with Crippen LogP contribution in [0.3, 0.4) is 0 Å². The van der Waals surface area contributed by atoms with Crippen molar-refractivity contribution in [3.05, 3.63) is 36.5 Å². The molecule has 62 valence electrons. The van der Waals surface area contributed by atoms with E-state index in [4.69, 9.17) is 5.73 Å². The van der Waals surface area contributed by atoms with Gasteiger partial charge >= 0.3 is 0 Å². The molecule has 0 unspecified atom stereocenters. The minimum Gasteiger partial charge on any atom is -0.330 e. The molecular weight excluding hydrogens is 134 g/mol. The van der Waals surface area contributed by atoms with Gasteiger partial charge in [0.1, 0.15) is 0 Å². The number of hydrogen-bond donors (Lipinski definition) is 1. The van der Waals surface area contributed by atoms with E-state index in [1.807, 2.05) is 25.2 Å². The molecule has 2 N–H and O–H groups in total. The highest BCUT2D eigenvalue weighted by Crippen LogP contribution is 1.88. The molecule has 1 heteroatoms. The van der Waals surface area contributed by atoms with Gasteiger partial charge in [-0.05, 0) is 26.3 Å². The Hall–Kier alpha value is -0.820. The number of hydrogen-bond acceptors (Lipinski definition) is 1. The zero-order chi connectivity index (χ0) is 8.36. The van der Waals surface area contributed by atoms with Gasteiger partial charge in [-0.3, -0.25) is 0 Å². The molecule has 0 heterocycles. The molecule has 0 spiro atoms. The van der Waals surface area contributed by atoms with Crippen molar-refractivity contribution >= 4 is 0 Å². The normalized spacial score (nSPS) is 12.5. The quantitative estimate of drug-likeness (QED) is 0.474. The molecule has 0 rings (SSSR count).